The Kier molecular flexibility index (Phi) is 7.29. The van der Waals surface area contributed by atoms with Gasteiger partial charge in [-0.25, -0.2) is 4.79 Å². The molecule has 6 nitrogen and oxygen atoms in total. The molecule has 0 aliphatic rings. The van der Waals surface area contributed by atoms with E-state index in [2.05, 4.69) is 0 Å². The summed E-state index contributed by atoms with van der Waals surface area (Å²) in [7, 11) is 0. The molecule has 0 saturated heterocycles. The van der Waals surface area contributed by atoms with Gasteiger partial charge in [-0.15, -0.1) is 0 Å². The highest BCUT2D eigenvalue weighted by molar-refractivity contribution is 5.77. The number of nitro benzene ring substituents is 1. The van der Waals surface area contributed by atoms with Crippen molar-refractivity contribution in [2.45, 2.75) is 25.6 Å². The van der Waals surface area contributed by atoms with Crippen molar-refractivity contribution < 1.29 is 19.2 Å². The van der Waals surface area contributed by atoms with Gasteiger partial charge in [-0.3, -0.25) is 10.1 Å². The van der Waals surface area contributed by atoms with E-state index >= 15 is 0 Å². The zero-order valence-electron chi connectivity index (χ0n) is 16.6. The molecule has 154 valence electrons. The molecule has 1 atom stereocenters. The maximum absolute atomic E-state index is 13.0. The number of ether oxygens (including phenoxy) is 2. The zero-order chi connectivity index (χ0) is 21.3. The van der Waals surface area contributed by atoms with Gasteiger partial charge in [0.15, 0.2) is 6.10 Å². The number of hydrogen-bond acceptors (Lipinski definition) is 5. The Hall–Kier alpha value is -3.51. The minimum atomic E-state index is -0.849. The first-order chi connectivity index (χ1) is 14.6. The van der Waals surface area contributed by atoms with Crippen LogP contribution in [0, 0.1) is 10.1 Å². The molecule has 3 aromatic rings. The fourth-order valence-corrected chi connectivity index (χ4v) is 3.34. The summed E-state index contributed by atoms with van der Waals surface area (Å²) in [6, 6.07) is 25.4. The Labute approximate surface area is 175 Å². The molecule has 0 aliphatic carbocycles. The maximum Gasteiger partial charge on any atom is 0.336 e. The topological polar surface area (TPSA) is 78.7 Å². The number of nitro groups is 1. The molecule has 0 saturated carbocycles. The average molecular weight is 405 g/mol. The van der Waals surface area contributed by atoms with Crippen molar-refractivity contribution in [1.29, 1.82) is 0 Å². The van der Waals surface area contributed by atoms with E-state index in [4.69, 9.17) is 9.47 Å². The second-order valence-corrected chi connectivity index (χ2v) is 6.71. The van der Waals surface area contributed by atoms with E-state index in [0.717, 1.165) is 11.1 Å². The summed E-state index contributed by atoms with van der Waals surface area (Å²) >= 11 is 0. The van der Waals surface area contributed by atoms with Gasteiger partial charge in [0, 0.05) is 24.7 Å². The smallest absolute Gasteiger partial charge is 0.336 e. The van der Waals surface area contributed by atoms with E-state index in [9.17, 15) is 14.9 Å². The predicted octanol–water partition coefficient (Wildman–Crippen LogP) is 4.88. The van der Waals surface area contributed by atoms with E-state index < -0.39 is 17.0 Å². The fourth-order valence-electron chi connectivity index (χ4n) is 3.34. The van der Waals surface area contributed by atoms with E-state index in [1.54, 1.807) is 12.1 Å². The lowest BCUT2D eigenvalue weighted by Crippen LogP contribution is -2.33. The van der Waals surface area contributed by atoms with Crippen molar-refractivity contribution in [1.82, 2.24) is 0 Å². The first kappa shape index (κ1) is 21.2. The Morgan fingerprint density at radius 2 is 1.53 bits per heavy atom. The Morgan fingerprint density at radius 1 is 0.933 bits per heavy atom. The number of hydrogen-bond donors (Lipinski definition) is 0. The zero-order valence-corrected chi connectivity index (χ0v) is 16.6. The van der Waals surface area contributed by atoms with Crippen LogP contribution in [0.25, 0.3) is 0 Å². The summed E-state index contributed by atoms with van der Waals surface area (Å²) in [5.74, 6) is -0.856. The summed E-state index contributed by atoms with van der Waals surface area (Å²) in [6.07, 6.45) is -0.849. The van der Waals surface area contributed by atoms with Gasteiger partial charge >= 0.3 is 5.97 Å². The van der Waals surface area contributed by atoms with Gasteiger partial charge in [-0.1, -0.05) is 72.8 Å². The van der Waals surface area contributed by atoms with Crippen LogP contribution in [0.3, 0.4) is 0 Å². The van der Waals surface area contributed by atoms with E-state index in [-0.39, 0.29) is 18.2 Å². The second-order valence-electron chi connectivity index (χ2n) is 6.71. The summed E-state index contributed by atoms with van der Waals surface area (Å²) in [5, 5.41) is 11.0. The number of benzene rings is 3. The minimum Gasteiger partial charge on any atom is -0.459 e. The highest BCUT2D eigenvalue weighted by atomic mass is 16.6. The van der Waals surface area contributed by atoms with Gasteiger partial charge in [0.05, 0.1) is 4.92 Å². The third-order valence-corrected chi connectivity index (χ3v) is 4.70. The van der Waals surface area contributed by atoms with Gasteiger partial charge in [-0.05, 0) is 23.6 Å². The van der Waals surface area contributed by atoms with E-state index in [0.29, 0.717) is 12.2 Å². The Morgan fingerprint density at radius 3 is 2.07 bits per heavy atom. The number of carbonyl (C=O) groups excluding carboxylic acids is 1. The largest absolute Gasteiger partial charge is 0.459 e. The van der Waals surface area contributed by atoms with E-state index in [1.807, 2.05) is 67.6 Å². The molecule has 0 aliphatic heterocycles. The van der Waals surface area contributed by atoms with Crippen LogP contribution in [-0.4, -0.2) is 23.6 Å². The van der Waals surface area contributed by atoms with Crippen LogP contribution in [0.2, 0.25) is 0 Å². The van der Waals surface area contributed by atoms with Crippen LogP contribution in [-0.2, 0) is 20.9 Å². The van der Waals surface area contributed by atoms with Crippen molar-refractivity contribution in [3.8, 4) is 0 Å². The normalized spacial score (nSPS) is 11.8. The number of nitrogens with zero attached hydrogens (tertiary/aromatic N) is 1. The molecule has 3 aromatic carbocycles. The lowest BCUT2D eigenvalue weighted by atomic mass is 9.86. The van der Waals surface area contributed by atoms with Crippen molar-refractivity contribution >= 4 is 11.7 Å². The molecular weight excluding hydrogens is 382 g/mol. The van der Waals surface area contributed by atoms with Gasteiger partial charge in [0.1, 0.15) is 6.61 Å². The molecule has 0 amide bonds. The molecule has 3 rings (SSSR count). The highest BCUT2D eigenvalue weighted by Crippen LogP contribution is 2.31. The van der Waals surface area contributed by atoms with Crippen molar-refractivity contribution in [3.63, 3.8) is 0 Å². The number of carbonyl (C=O) groups is 1. The lowest BCUT2D eigenvalue weighted by Gasteiger charge is -2.26. The van der Waals surface area contributed by atoms with Crippen LogP contribution in [0.4, 0.5) is 5.69 Å². The molecule has 0 heterocycles. The summed E-state index contributed by atoms with van der Waals surface area (Å²) < 4.78 is 11.4. The predicted molar refractivity (Wildman–Crippen MR) is 113 cm³/mol. The molecule has 0 bridgehead atoms. The number of non-ortho nitro benzene ring substituents is 1. The lowest BCUT2D eigenvalue weighted by molar-refractivity contribution is -0.384. The van der Waals surface area contributed by atoms with Crippen LogP contribution >= 0.6 is 0 Å². The molecule has 0 N–H and O–H groups in total. The molecule has 0 fully saturated rings. The van der Waals surface area contributed by atoms with Gasteiger partial charge in [0.25, 0.3) is 5.69 Å². The molecule has 0 radical (unpaired) electrons. The van der Waals surface area contributed by atoms with Crippen molar-refractivity contribution in [3.05, 3.63) is 112 Å². The molecule has 1 unspecified atom stereocenters. The minimum absolute atomic E-state index is 0.0450. The van der Waals surface area contributed by atoms with Crippen LogP contribution < -0.4 is 0 Å². The highest BCUT2D eigenvalue weighted by Gasteiger charge is 2.33. The second kappa shape index (κ2) is 10.3. The van der Waals surface area contributed by atoms with Gasteiger partial charge in [0.2, 0.25) is 0 Å². The van der Waals surface area contributed by atoms with Crippen LogP contribution in [0.1, 0.15) is 29.5 Å². The molecule has 30 heavy (non-hydrogen) atoms. The first-order valence-electron chi connectivity index (χ1n) is 9.71. The monoisotopic (exact) mass is 405 g/mol. The Balaban J connectivity index is 1.85. The SMILES string of the molecule is CCOC(C(=O)OCc1cccc([N+](=O)[O-])c1)C(c1ccccc1)c1ccccc1. The van der Waals surface area contributed by atoms with Crippen LogP contribution in [0.5, 0.6) is 0 Å². The van der Waals surface area contributed by atoms with Gasteiger partial charge in [-0.2, -0.15) is 0 Å². The third kappa shape index (κ3) is 5.30. The average Bonchev–Trinajstić information content (AvgIpc) is 2.79. The molecule has 0 aromatic heterocycles. The van der Waals surface area contributed by atoms with Crippen LogP contribution in [0.15, 0.2) is 84.9 Å². The molecule has 0 spiro atoms. The third-order valence-electron chi connectivity index (χ3n) is 4.70. The van der Waals surface area contributed by atoms with Crippen molar-refractivity contribution in [2.24, 2.45) is 0 Å². The quantitative estimate of drug-likeness (QED) is 0.288. The maximum atomic E-state index is 13.0. The standard InChI is InChI=1S/C24H23NO5/c1-2-29-23(24(26)30-17-18-10-9-15-21(16-18)25(27)28)22(19-11-5-3-6-12-19)20-13-7-4-8-14-20/h3-16,22-23H,2,17H2,1H3. The first-order valence-corrected chi connectivity index (χ1v) is 9.71. The molecule has 6 heteroatoms. The number of esters is 1. The summed E-state index contributed by atoms with van der Waals surface area (Å²) in [6.45, 7) is 2.10. The fraction of sp³-hybridized carbons (Fsp3) is 0.208. The number of rotatable bonds is 9. The van der Waals surface area contributed by atoms with Gasteiger partial charge < -0.3 is 9.47 Å². The van der Waals surface area contributed by atoms with E-state index in [1.165, 1.54) is 12.1 Å². The molecular formula is C24H23NO5. The summed E-state index contributed by atoms with van der Waals surface area (Å²) in [5.41, 5.74) is 2.38. The summed E-state index contributed by atoms with van der Waals surface area (Å²) in [4.78, 5) is 23.5. The Bertz CT molecular complexity index is 936. The van der Waals surface area contributed by atoms with Crippen molar-refractivity contribution in [2.75, 3.05) is 6.61 Å².